The molecule has 0 N–H and O–H groups in total. The van der Waals surface area contributed by atoms with E-state index >= 15 is 0 Å². The average molecular weight is 388 g/mol. The van der Waals surface area contributed by atoms with Crippen molar-refractivity contribution in [1.29, 1.82) is 0 Å². The lowest BCUT2D eigenvalue weighted by Crippen LogP contribution is -2.08. The van der Waals surface area contributed by atoms with Gasteiger partial charge in [0.05, 0.1) is 18.9 Å². The molecule has 0 amide bonds. The number of rotatable bonds is 9. The molecule has 0 atom stereocenters. The summed E-state index contributed by atoms with van der Waals surface area (Å²) < 4.78 is 21.7. The highest BCUT2D eigenvalue weighted by atomic mass is 35.5. The monoisotopic (exact) mass is 387 g/mol. The first-order valence-electron chi connectivity index (χ1n) is 8.66. The quantitative estimate of drug-likeness (QED) is 0.396. The van der Waals surface area contributed by atoms with Gasteiger partial charge >= 0.3 is 0 Å². The molecular weight excluding hydrogens is 366 g/mol. The first kappa shape index (κ1) is 19.4. The van der Waals surface area contributed by atoms with Gasteiger partial charge in [0.2, 0.25) is 0 Å². The van der Waals surface area contributed by atoms with Crippen LogP contribution in [0.2, 0.25) is 5.15 Å². The molecule has 0 unspecified atom stereocenters. The third kappa shape index (κ3) is 4.89. The molecule has 0 fully saturated rings. The molecule has 0 saturated heterocycles. The number of methoxy groups -OCH3 is 2. The van der Waals surface area contributed by atoms with Crippen LogP contribution in [-0.2, 0) is 9.47 Å². The molecule has 5 nitrogen and oxygen atoms in total. The van der Waals surface area contributed by atoms with Crippen molar-refractivity contribution in [2.75, 3.05) is 40.6 Å². The predicted molar refractivity (Wildman–Crippen MR) is 107 cm³/mol. The third-order valence-electron chi connectivity index (χ3n) is 4.02. The number of hydrogen-bond donors (Lipinski definition) is 0. The van der Waals surface area contributed by atoms with Crippen LogP contribution in [0.4, 0.5) is 0 Å². The normalized spacial score (nSPS) is 10.9. The van der Waals surface area contributed by atoms with E-state index in [1.54, 1.807) is 14.2 Å². The topological polar surface area (TPSA) is 49.8 Å². The standard InChI is InChI=1S/C21H22ClNO4/c1-24-9-11-26-19-8-7-16(14-20(19)27-12-10-25-2)18-13-15-5-3-4-6-17(15)21(22)23-18/h3-8,13-14H,9-12H2,1-2H3. The van der Waals surface area contributed by atoms with Gasteiger partial charge in [-0.05, 0) is 29.7 Å². The van der Waals surface area contributed by atoms with Gasteiger partial charge in [0, 0.05) is 25.2 Å². The number of fused-ring (bicyclic) bond motifs is 1. The van der Waals surface area contributed by atoms with Gasteiger partial charge in [-0.3, -0.25) is 0 Å². The second-order valence-electron chi connectivity index (χ2n) is 5.86. The molecule has 27 heavy (non-hydrogen) atoms. The smallest absolute Gasteiger partial charge is 0.161 e. The van der Waals surface area contributed by atoms with E-state index in [1.165, 1.54) is 0 Å². The molecule has 2 aromatic carbocycles. The highest BCUT2D eigenvalue weighted by molar-refractivity contribution is 6.34. The number of ether oxygens (including phenoxy) is 4. The van der Waals surface area contributed by atoms with Crippen molar-refractivity contribution in [2.45, 2.75) is 0 Å². The Hall–Kier alpha value is -2.34. The minimum absolute atomic E-state index is 0.423. The molecule has 3 rings (SSSR count). The highest BCUT2D eigenvalue weighted by Crippen LogP contribution is 2.34. The number of aromatic nitrogens is 1. The minimum atomic E-state index is 0.423. The van der Waals surface area contributed by atoms with Crippen molar-refractivity contribution in [3.8, 4) is 22.8 Å². The molecule has 142 valence electrons. The number of nitrogens with zero attached hydrogens (tertiary/aromatic N) is 1. The van der Waals surface area contributed by atoms with Crippen LogP contribution in [-0.4, -0.2) is 45.6 Å². The number of halogens is 1. The van der Waals surface area contributed by atoms with Crippen LogP contribution >= 0.6 is 11.6 Å². The Labute approximate surface area is 163 Å². The molecule has 1 aromatic heterocycles. The maximum atomic E-state index is 6.37. The summed E-state index contributed by atoms with van der Waals surface area (Å²) in [6.45, 7) is 1.85. The van der Waals surface area contributed by atoms with Gasteiger partial charge in [0.25, 0.3) is 0 Å². The van der Waals surface area contributed by atoms with Gasteiger partial charge in [0.1, 0.15) is 18.4 Å². The van der Waals surface area contributed by atoms with Crippen molar-refractivity contribution in [3.63, 3.8) is 0 Å². The molecule has 0 aliphatic rings. The molecule has 0 aliphatic carbocycles. The first-order valence-corrected chi connectivity index (χ1v) is 9.04. The summed E-state index contributed by atoms with van der Waals surface area (Å²) in [5.41, 5.74) is 1.67. The van der Waals surface area contributed by atoms with Crippen LogP contribution in [0.15, 0.2) is 48.5 Å². The SMILES string of the molecule is COCCOc1ccc(-c2cc3ccccc3c(Cl)n2)cc1OCCOC. The minimum Gasteiger partial charge on any atom is -0.487 e. The largest absolute Gasteiger partial charge is 0.487 e. The van der Waals surface area contributed by atoms with Crippen LogP contribution in [0.1, 0.15) is 0 Å². The summed E-state index contributed by atoms with van der Waals surface area (Å²) in [4.78, 5) is 4.54. The molecule has 0 saturated carbocycles. The van der Waals surface area contributed by atoms with Crippen LogP contribution in [0.25, 0.3) is 22.0 Å². The maximum Gasteiger partial charge on any atom is 0.161 e. The second kappa shape index (κ2) is 9.55. The fourth-order valence-electron chi connectivity index (χ4n) is 2.67. The average Bonchev–Trinajstić information content (AvgIpc) is 2.69. The van der Waals surface area contributed by atoms with Gasteiger partial charge in [-0.1, -0.05) is 35.9 Å². The molecular formula is C21H22ClNO4. The summed E-state index contributed by atoms with van der Waals surface area (Å²) in [7, 11) is 3.27. The van der Waals surface area contributed by atoms with E-state index in [-0.39, 0.29) is 0 Å². The van der Waals surface area contributed by atoms with E-state index in [0.29, 0.717) is 43.1 Å². The van der Waals surface area contributed by atoms with E-state index in [4.69, 9.17) is 30.5 Å². The molecule has 0 aliphatic heterocycles. The molecule has 1 heterocycles. The Morgan fingerprint density at radius 1 is 0.815 bits per heavy atom. The molecule has 0 spiro atoms. The Kier molecular flexibility index (Phi) is 6.87. The molecule has 6 heteroatoms. The van der Waals surface area contributed by atoms with Crippen LogP contribution in [0.5, 0.6) is 11.5 Å². The lowest BCUT2D eigenvalue weighted by atomic mass is 10.1. The van der Waals surface area contributed by atoms with E-state index < -0.39 is 0 Å². The van der Waals surface area contributed by atoms with Gasteiger partial charge < -0.3 is 18.9 Å². The number of benzene rings is 2. The highest BCUT2D eigenvalue weighted by Gasteiger charge is 2.11. The predicted octanol–water partition coefficient (Wildman–Crippen LogP) is 4.61. The zero-order chi connectivity index (χ0) is 19.1. The van der Waals surface area contributed by atoms with Crippen molar-refractivity contribution >= 4 is 22.4 Å². The van der Waals surface area contributed by atoms with Crippen LogP contribution in [0, 0.1) is 0 Å². The second-order valence-corrected chi connectivity index (χ2v) is 6.22. The zero-order valence-corrected chi connectivity index (χ0v) is 16.2. The van der Waals surface area contributed by atoms with Crippen molar-refractivity contribution in [2.24, 2.45) is 0 Å². The van der Waals surface area contributed by atoms with Gasteiger partial charge in [-0.15, -0.1) is 0 Å². The van der Waals surface area contributed by atoms with E-state index in [2.05, 4.69) is 4.98 Å². The van der Waals surface area contributed by atoms with E-state index in [0.717, 1.165) is 22.0 Å². The molecule has 0 radical (unpaired) electrons. The van der Waals surface area contributed by atoms with Gasteiger partial charge in [0.15, 0.2) is 11.5 Å². The van der Waals surface area contributed by atoms with Crippen LogP contribution < -0.4 is 9.47 Å². The summed E-state index contributed by atoms with van der Waals surface area (Å²) in [6, 6.07) is 15.6. The van der Waals surface area contributed by atoms with Gasteiger partial charge in [-0.2, -0.15) is 0 Å². The summed E-state index contributed by atoms with van der Waals surface area (Å²) in [6.07, 6.45) is 0. The van der Waals surface area contributed by atoms with Gasteiger partial charge in [-0.25, -0.2) is 4.98 Å². The Morgan fingerprint density at radius 3 is 2.26 bits per heavy atom. The fraction of sp³-hybridized carbons (Fsp3) is 0.286. The number of hydrogen-bond acceptors (Lipinski definition) is 5. The fourth-order valence-corrected chi connectivity index (χ4v) is 2.94. The maximum absolute atomic E-state index is 6.37. The lowest BCUT2D eigenvalue weighted by Gasteiger charge is -2.14. The Balaban J connectivity index is 1.94. The molecule has 0 bridgehead atoms. The Bertz CT molecular complexity index is 900. The zero-order valence-electron chi connectivity index (χ0n) is 15.4. The van der Waals surface area contributed by atoms with Crippen molar-refractivity contribution in [3.05, 3.63) is 53.7 Å². The lowest BCUT2D eigenvalue weighted by molar-refractivity contribution is 0.132. The third-order valence-corrected chi connectivity index (χ3v) is 4.31. The molecule has 3 aromatic rings. The Morgan fingerprint density at radius 2 is 1.52 bits per heavy atom. The first-order chi connectivity index (χ1) is 13.2. The summed E-state index contributed by atoms with van der Waals surface area (Å²) in [5, 5.41) is 2.44. The van der Waals surface area contributed by atoms with Crippen LogP contribution in [0.3, 0.4) is 0 Å². The number of pyridine rings is 1. The summed E-state index contributed by atoms with van der Waals surface area (Å²) in [5.74, 6) is 1.28. The van der Waals surface area contributed by atoms with E-state index in [9.17, 15) is 0 Å². The van der Waals surface area contributed by atoms with Crippen molar-refractivity contribution in [1.82, 2.24) is 4.98 Å². The van der Waals surface area contributed by atoms with E-state index in [1.807, 2.05) is 48.5 Å². The van der Waals surface area contributed by atoms with Crippen molar-refractivity contribution < 1.29 is 18.9 Å². The summed E-state index contributed by atoms with van der Waals surface area (Å²) >= 11 is 6.37.